The van der Waals surface area contributed by atoms with Crippen molar-refractivity contribution >= 4 is 0 Å². The molecule has 1 heterocycles. The second-order valence-corrected chi connectivity index (χ2v) is 13.2. The summed E-state index contributed by atoms with van der Waals surface area (Å²) in [4.78, 5) is 4.94. The van der Waals surface area contributed by atoms with Crippen molar-refractivity contribution in [3.63, 3.8) is 0 Å². The lowest BCUT2D eigenvalue weighted by Gasteiger charge is -2.22. The van der Waals surface area contributed by atoms with E-state index in [-0.39, 0.29) is 0 Å². The van der Waals surface area contributed by atoms with E-state index in [2.05, 4.69) is 44.7 Å². The van der Waals surface area contributed by atoms with E-state index in [4.69, 9.17) is 4.98 Å². The molecule has 0 aliphatic carbocycles. The first-order valence-corrected chi connectivity index (χ1v) is 18.8. The molecule has 0 aliphatic rings. The predicted molar refractivity (Wildman–Crippen MR) is 181 cm³/mol. The van der Waals surface area contributed by atoms with Crippen LogP contribution in [-0.4, -0.2) is 9.55 Å². The molecule has 0 spiro atoms. The van der Waals surface area contributed by atoms with Gasteiger partial charge >= 0.3 is 0 Å². The Morgan fingerprint density at radius 1 is 0.475 bits per heavy atom. The van der Waals surface area contributed by atoms with Gasteiger partial charge in [-0.15, -0.1) is 0 Å². The van der Waals surface area contributed by atoms with Crippen molar-refractivity contribution in [3.05, 3.63) is 18.2 Å². The normalized spacial score (nSPS) is 13.2. The molecule has 0 bridgehead atoms. The Labute approximate surface area is 253 Å². The average molecular weight is 559 g/mol. The second-order valence-electron chi connectivity index (χ2n) is 13.2. The van der Waals surface area contributed by atoms with Gasteiger partial charge in [-0.05, 0) is 26.2 Å². The van der Waals surface area contributed by atoms with Gasteiger partial charge in [-0.25, -0.2) is 4.98 Å². The maximum atomic E-state index is 4.94. The summed E-state index contributed by atoms with van der Waals surface area (Å²) in [6, 6.07) is 0.590. The topological polar surface area (TPSA) is 17.8 Å². The van der Waals surface area contributed by atoms with E-state index < -0.39 is 0 Å². The van der Waals surface area contributed by atoms with E-state index in [0.717, 1.165) is 0 Å². The van der Waals surface area contributed by atoms with Crippen LogP contribution in [0.5, 0.6) is 0 Å². The standard InChI is InChI=1S/C38H74N2/c1-5-8-11-13-15-17-19-20-22-23-25-27-29-31-36(4)40-35-34-39-38(40)37(32-10-7-3)33-30-28-26-24-21-18-16-14-12-9-6-2/h34-37H,5-33H2,1-4H3. The van der Waals surface area contributed by atoms with Crippen LogP contribution >= 0.6 is 0 Å². The van der Waals surface area contributed by atoms with E-state index in [1.165, 1.54) is 192 Å². The smallest absolute Gasteiger partial charge is 0.111 e. The zero-order valence-electron chi connectivity index (χ0n) is 28.2. The quantitative estimate of drug-likeness (QED) is 0.0828. The molecule has 2 heteroatoms. The summed E-state index contributed by atoms with van der Waals surface area (Å²) in [6.07, 6.45) is 45.3. The summed E-state index contributed by atoms with van der Waals surface area (Å²) >= 11 is 0. The summed E-state index contributed by atoms with van der Waals surface area (Å²) in [5, 5.41) is 0. The van der Waals surface area contributed by atoms with E-state index in [9.17, 15) is 0 Å². The van der Waals surface area contributed by atoms with Crippen LogP contribution in [0.25, 0.3) is 0 Å². The van der Waals surface area contributed by atoms with Crippen LogP contribution in [0.15, 0.2) is 12.4 Å². The van der Waals surface area contributed by atoms with Crippen LogP contribution < -0.4 is 0 Å². The molecule has 0 aromatic carbocycles. The fraction of sp³-hybridized carbons (Fsp3) is 0.921. The molecular weight excluding hydrogens is 484 g/mol. The lowest BCUT2D eigenvalue weighted by atomic mass is 9.93. The van der Waals surface area contributed by atoms with Gasteiger partial charge in [-0.1, -0.05) is 188 Å². The van der Waals surface area contributed by atoms with Crippen molar-refractivity contribution in [2.75, 3.05) is 0 Å². The number of rotatable bonds is 31. The van der Waals surface area contributed by atoms with Crippen LogP contribution in [0.1, 0.15) is 232 Å². The molecule has 0 saturated heterocycles. The van der Waals surface area contributed by atoms with Gasteiger partial charge in [0.25, 0.3) is 0 Å². The fourth-order valence-electron chi connectivity index (χ4n) is 6.52. The molecule has 236 valence electrons. The van der Waals surface area contributed by atoms with Crippen LogP contribution in [0.2, 0.25) is 0 Å². The zero-order chi connectivity index (χ0) is 28.9. The highest BCUT2D eigenvalue weighted by molar-refractivity contribution is 5.02. The molecule has 0 radical (unpaired) electrons. The van der Waals surface area contributed by atoms with E-state index in [1.54, 1.807) is 0 Å². The largest absolute Gasteiger partial charge is 0.332 e. The molecule has 1 rings (SSSR count). The molecule has 0 N–H and O–H groups in total. The predicted octanol–water partition coefficient (Wildman–Crippen LogP) is 13.9. The third-order valence-corrected chi connectivity index (χ3v) is 9.33. The van der Waals surface area contributed by atoms with Gasteiger partial charge in [0.1, 0.15) is 5.82 Å². The van der Waals surface area contributed by atoms with Crippen LogP contribution in [0.3, 0.4) is 0 Å². The van der Waals surface area contributed by atoms with Crippen molar-refractivity contribution in [3.8, 4) is 0 Å². The van der Waals surface area contributed by atoms with Crippen LogP contribution in [0, 0.1) is 0 Å². The summed E-state index contributed by atoms with van der Waals surface area (Å²) in [7, 11) is 0. The number of imidazole rings is 1. The minimum absolute atomic E-state index is 0.590. The number of hydrogen-bond acceptors (Lipinski definition) is 1. The Balaban J connectivity index is 2.21. The average Bonchev–Trinajstić information content (AvgIpc) is 3.46. The second kappa shape index (κ2) is 28.3. The molecule has 0 fully saturated rings. The van der Waals surface area contributed by atoms with Crippen LogP contribution in [0.4, 0.5) is 0 Å². The Bertz CT molecular complexity index is 621. The van der Waals surface area contributed by atoms with Crippen LogP contribution in [-0.2, 0) is 0 Å². The first kappa shape index (κ1) is 37.2. The minimum atomic E-state index is 0.590. The lowest BCUT2D eigenvalue weighted by molar-refractivity contribution is 0.415. The van der Waals surface area contributed by atoms with Crippen molar-refractivity contribution < 1.29 is 0 Å². The Kier molecular flexibility index (Phi) is 26.4. The van der Waals surface area contributed by atoms with Gasteiger partial charge in [0.15, 0.2) is 0 Å². The molecule has 2 unspecified atom stereocenters. The maximum absolute atomic E-state index is 4.94. The Hall–Kier alpha value is -0.790. The molecule has 1 aromatic heterocycles. The first-order valence-electron chi connectivity index (χ1n) is 18.8. The highest BCUT2D eigenvalue weighted by atomic mass is 15.1. The molecule has 2 atom stereocenters. The number of unbranched alkanes of at least 4 members (excludes halogenated alkanes) is 23. The van der Waals surface area contributed by atoms with Gasteiger partial charge in [0.05, 0.1) is 0 Å². The van der Waals surface area contributed by atoms with Gasteiger partial charge < -0.3 is 4.57 Å². The molecule has 1 aromatic rings. The zero-order valence-corrected chi connectivity index (χ0v) is 28.2. The van der Waals surface area contributed by atoms with Gasteiger partial charge in [0.2, 0.25) is 0 Å². The third kappa shape index (κ3) is 20.1. The van der Waals surface area contributed by atoms with Crippen molar-refractivity contribution in [1.82, 2.24) is 9.55 Å². The molecule has 0 amide bonds. The third-order valence-electron chi connectivity index (χ3n) is 9.33. The number of hydrogen-bond donors (Lipinski definition) is 0. The van der Waals surface area contributed by atoms with Gasteiger partial charge in [-0.2, -0.15) is 0 Å². The Morgan fingerprint density at radius 2 is 0.825 bits per heavy atom. The number of aromatic nitrogens is 2. The van der Waals surface area contributed by atoms with E-state index in [0.29, 0.717) is 12.0 Å². The van der Waals surface area contributed by atoms with Crippen molar-refractivity contribution in [1.29, 1.82) is 0 Å². The van der Waals surface area contributed by atoms with E-state index >= 15 is 0 Å². The van der Waals surface area contributed by atoms with Gasteiger partial charge in [0, 0.05) is 24.4 Å². The summed E-state index contributed by atoms with van der Waals surface area (Å²) in [6.45, 7) is 9.39. The van der Waals surface area contributed by atoms with Crippen molar-refractivity contribution in [2.45, 2.75) is 226 Å². The highest BCUT2D eigenvalue weighted by Gasteiger charge is 2.19. The summed E-state index contributed by atoms with van der Waals surface area (Å²) in [5.74, 6) is 2.05. The first-order chi connectivity index (χ1) is 19.7. The summed E-state index contributed by atoms with van der Waals surface area (Å²) in [5.41, 5.74) is 0. The molecule has 40 heavy (non-hydrogen) atoms. The minimum Gasteiger partial charge on any atom is -0.332 e. The molecule has 2 nitrogen and oxygen atoms in total. The SMILES string of the molecule is CCCCCCCCCCCCCCCC(C)n1ccnc1C(CCCC)CCCCCCCCCCCCC. The highest BCUT2D eigenvalue weighted by Crippen LogP contribution is 2.30. The van der Waals surface area contributed by atoms with E-state index in [1.807, 2.05) is 0 Å². The number of nitrogens with zero attached hydrogens (tertiary/aromatic N) is 2. The summed E-state index contributed by atoms with van der Waals surface area (Å²) < 4.78 is 2.55. The fourth-order valence-corrected chi connectivity index (χ4v) is 6.52. The molecule has 0 saturated carbocycles. The molecular formula is C38H74N2. The Morgan fingerprint density at radius 3 is 1.25 bits per heavy atom. The maximum Gasteiger partial charge on any atom is 0.111 e. The lowest BCUT2D eigenvalue weighted by Crippen LogP contribution is -2.13. The van der Waals surface area contributed by atoms with Gasteiger partial charge in [-0.3, -0.25) is 0 Å². The monoisotopic (exact) mass is 559 g/mol. The van der Waals surface area contributed by atoms with Crippen molar-refractivity contribution in [2.24, 2.45) is 0 Å². The molecule has 0 aliphatic heterocycles.